The van der Waals surface area contributed by atoms with Gasteiger partial charge in [-0.25, -0.2) is 4.98 Å². The van der Waals surface area contributed by atoms with E-state index in [1.165, 1.54) is 6.20 Å². The van der Waals surface area contributed by atoms with Crippen LogP contribution < -0.4 is 15.6 Å². The van der Waals surface area contributed by atoms with Crippen LogP contribution in [0.2, 0.25) is 0 Å². The second-order valence-electron chi connectivity index (χ2n) is 8.33. The summed E-state index contributed by atoms with van der Waals surface area (Å²) in [6.07, 6.45) is 3.18. The molecule has 0 unspecified atom stereocenters. The molecule has 0 aliphatic heterocycles. The number of nitriles is 1. The Bertz CT molecular complexity index is 1880. The summed E-state index contributed by atoms with van der Waals surface area (Å²) in [7, 11) is 1.61. The second-order valence-corrected chi connectivity index (χ2v) is 8.33. The topological polar surface area (TPSA) is 122 Å². The van der Waals surface area contributed by atoms with Gasteiger partial charge in [-0.1, -0.05) is 24.3 Å². The molecular formula is C28H19N7O2. The number of rotatable bonds is 5. The molecule has 0 saturated heterocycles. The van der Waals surface area contributed by atoms with Gasteiger partial charge in [-0.3, -0.25) is 14.5 Å². The van der Waals surface area contributed by atoms with Gasteiger partial charge in [0, 0.05) is 11.9 Å². The van der Waals surface area contributed by atoms with Crippen LogP contribution in [0.1, 0.15) is 5.56 Å². The third kappa shape index (κ3) is 3.92. The van der Waals surface area contributed by atoms with Gasteiger partial charge in [0.25, 0.3) is 5.56 Å². The molecule has 0 saturated carbocycles. The van der Waals surface area contributed by atoms with Crippen LogP contribution in [-0.2, 0) is 0 Å². The third-order valence-corrected chi connectivity index (χ3v) is 6.10. The lowest BCUT2D eigenvalue weighted by molar-refractivity contribution is 0.415. The molecular weight excluding hydrogens is 466 g/mol. The molecule has 0 bridgehead atoms. The van der Waals surface area contributed by atoms with E-state index in [-0.39, 0.29) is 5.56 Å². The van der Waals surface area contributed by atoms with Crippen molar-refractivity contribution in [1.82, 2.24) is 24.7 Å². The van der Waals surface area contributed by atoms with Crippen LogP contribution in [0.3, 0.4) is 0 Å². The van der Waals surface area contributed by atoms with E-state index < -0.39 is 0 Å². The number of ether oxygens (including phenoxy) is 1. The summed E-state index contributed by atoms with van der Waals surface area (Å²) in [5.41, 5.74) is 4.45. The van der Waals surface area contributed by atoms with Crippen molar-refractivity contribution in [2.45, 2.75) is 0 Å². The Hall–Kier alpha value is -5.49. The molecule has 178 valence electrons. The van der Waals surface area contributed by atoms with Crippen LogP contribution in [0.5, 0.6) is 5.75 Å². The Morgan fingerprint density at radius 2 is 1.76 bits per heavy atom. The average molecular weight is 486 g/mol. The summed E-state index contributed by atoms with van der Waals surface area (Å²) in [4.78, 5) is 22.9. The summed E-state index contributed by atoms with van der Waals surface area (Å²) < 4.78 is 6.78. The smallest absolute Gasteiger partial charge is 0.267 e. The third-order valence-electron chi connectivity index (χ3n) is 6.10. The van der Waals surface area contributed by atoms with Gasteiger partial charge in [0.2, 0.25) is 5.95 Å². The molecule has 37 heavy (non-hydrogen) atoms. The van der Waals surface area contributed by atoms with Gasteiger partial charge in [-0.15, -0.1) is 0 Å². The first kappa shape index (κ1) is 22.0. The summed E-state index contributed by atoms with van der Waals surface area (Å²) in [6, 6.07) is 24.5. The van der Waals surface area contributed by atoms with Crippen LogP contribution in [0.25, 0.3) is 38.8 Å². The number of pyridine rings is 1. The van der Waals surface area contributed by atoms with Crippen LogP contribution in [0.4, 0.5) is 11.6 Å². The normalized spacial score (nSPS) is 10.9. The highest BCUT2D eigenvalue weighted by Gasteiger charge is 2.17. The van der Waals surface area contributed by atoms with Crippen molar-refractivity contribution in [3.05, 3.63) is 101 Å². The predicted molar refractivity (Wildman–Crippen MR) is 141 cm³/mol. The minimum Gasteiger partial charge on any atom is -0.497 e. The first-order chi connectivity index (χ1) is 18.1. The van der Waals surface area contributed by atoms with Gasteiger partial charge in [-0.05, 0) is 59.7 Å². The first-order valence-electron chi connectivity index (χ1n) is 11.4. The number of hydrogen-bond donors (Lipinski definition) is 2. The molecule has 3 aromatic carbocycles. The number of fused-ring (bicyclic) bond motifs is 3. The van der Waals surface area contributed by atoms with Crippen LogP contribution >= 0.6 is 0 Å². The summed E-state index contributed by atoms with van der Waals surface area (Å²) in [6.45, 7) is 0. The molecule has 0 atom stereocenters. The number of nitrogens with one attached hydrogen (secondary N) is 2. The van der Waals surface area contributed by atoms with E-state index in [9.17, 15) is 10.1 Å². The molecule has 0 aliphatic rings. The second kappa shape index (κ2) is 8.94. The average Bonchev–Trinajstić information content (AvgIpc) is 3.44. The minimum absolute atomic E-state index is 0.256. The number of nitrogens with zero attached hydrogens (tertiary/aromatic N) is 5. The van der Waals surface area contributed by atoms with Gasteiger partial charge in [-0.2, -0.15) is 15.3 Å². The zero-order valence-electron chi connectivity index (χ0n) is 19.6. The lowest BCUT2D eigenvalue weighted by Crippen LogP contribution is -2.20. The number of methoxy groups -OCH3 is 1. The molecule has 0 fully saturated rings. The molecule has 0 spiro atoms. The van der Waals surface area contributed by atoms with Crippen molar-refractivity contribution >= 4 is 33.6 Å². The van der Waals surface area contributed by atoms with Gasteiger partial charge in [0.05, 0.1) is 46.9 Å². The fourth-order valence-corrected chi connectivity index (χ4v) is 4.29. The molecule has 3 aromatic heterocycles. The van der Waals surface area contributed by atoms with E-state index in [2.05, 4.69) is 26.6 Å². The first-order valence-corrected chi connectivity index (χ1v) is 11.4. The van der Waals surface area contributed by atoms with Crippen LogP contribution in [0.15, 0.2) is 90.0 Å². The van der Waals surface area contributed by atoms with Gasteiger partial charge < -0.3 is 10.1 Å². The maximum Gasteiger partial charge on any atom is 0.267 e. The zero-order chi connectivity index (χ0) is 25.4. The molecule has 0 aliphatic carbocycles. The van der Waals surface area contributed by atoms with E-state index in [0.29, 0.717) is 39.1 Å². The highest BCUT2D eigenvalue weighted by atomic mass is 16.5. The summed E-state index contributed by atoms with van der Waals surface area (Å²) >= 11 is 0. The fourth-order valence-electron chi connectivity index (χ4n) is 4.29. The maximum atomic E-state index is 13.7. The Kier molecular flexibility index (Phi) is 5.32. The van der Waals surface area contributed by atoms with Crippen molar-refractivity contribution in [2.24, 2.45) is 0 Å². The van der Waals surface area contributed by atoms with E-state index in [1.54, 1.807) is 23.9 Å². The standard InChI is InChI=1S/C28H19N7O2/c1-37-22-10-8-20(9-11-22)32-28-30-15-23-25-24(16-31-34-25)27(36)35(26(23)33-28)21-7-3-6-19(13-21)18-5-2-4-17(12-18)14-29/h2-13,15-16H,1H3,(H,31,34)(H,30,32,33). The molecule has 3 heterocycles. The molecule has 2 N–H and O–H groups in total. The Labute approximate surface area is 210 Å². The van der Waals surface area contributed by atoms with E-state index >= 15 is 0 Å². The number of aromatic amines is 1. The van der Waals surface area contributed by atoms with Crippen molar-refractivity contribution in [3.8, 4) is 28.6 Å². The SMILES string of the molecule is COc1ccc(Nc2ncc3c4[nH]ncc4c(=O)n(-c4cccc(-c5cccc(C#N)c5)c4)c3n2)cc1. The van der Waals surface area contributed by atoms with Crippen molar-refractivity contribution in [1.29, 1.82) is 5.26 Å². The van der Waals surface area contributed by atoms with Crippen molar-refractivity contribution < 1.29 is 4.74 Å². The highest BCUT2D eigenvalue weighted by Crippen LogP contribution is 2.27. The van der Waals surface area contributed by atoms with E-state index in [0.717, 1.165) is 22.6 Å². The largest absolute Gasteiger partial charge is 0.497 e. The maximum absolute atomic E-state index is 13.7. The Morgan fingerprint density at radius 3 is 2.54 bits per heavy atom. The molecule has 6 aromatic rings. The number of aromatic nitrogens is 5. The van der Waals surface area contributed by atoms with E-state index in [1.807, 2.05) is 66.7 Å². The number of hydrogen-bond acceptors (Lipinski definition) is 7. The van der Waals surface area contributed by atoms with Crippen LogP contribution in [-0.4, -0.2) is 31.8 Å². The Morgan fingerprint density at radius 1 is 0.973 bits per heavy atom. The minimum atomic E-state index is -0.256. The molecule has 0 amide bonds. The van der Waals surface area contributed by atoms with Crippen molar-refractivity contribution in [2.75, 3.05) is 12.4 Å². The lowest BCUT2D eigenvalue weighted by atomic mass is 10.0. The molecule has 9 heteroatoms. The fraction of sp³-hybridized carbons (Fsp3) is 0.0357. The number of H-pyrrole nitrogens is 1. The zero-order valence-corrected chi connectivity index (χ0v) is 19.6. The van der Waals surface area contributed by atoms with Crippen molar-refractivity contribution in [3.63, 3.8) is 0 Å². The summed E-state index contributed by atoms with van der Waals surface area (Å²) in [5, 5.41) is 20.6. The predicted octanol–water partition coefficient (Wildman–Crippen LogP) is 4.95. The van der Waals surface area contributed by atoms with Gasteiger partial charge in [0.1, 0.15) is 5.75 Å². The van der Waals surface area contributed by atoms with E-state index in [4.69, 9.17) is 9.72 Å². The van der Waals surface area contributed by atoms with Gasteiger partial charge in [0.15, 0.2) is 5.65 Å². The number of benzene rings is 3. The lowest BCUT2D eigenvalue weighted by Gasteiger charge is -2.13. The molecule has 6 rings (SSSR count). The monoisotopic (exact) mass is 485 g/mol. The quantitative estimate of drug-likeness (QED) is 0.354. The highest BCUT2D eigenvalue weighted by molar-refractivity contribution is 6.02. The number of anilines is 2. The molecule has 9 nitrogen and oxygen atoms in total. The van der Waals surface area contributed by atoms with Gasteiger partial charge >= 0.3 is 0 Å². The van der Waals surface area contributed by atoms with Crippen LogP contribution in [0, 0.1) is 11.3 Å². The Balaban J connectivity index is 1.53. The molecule has 0 radical (unpaired) electrons. The summed E-state index contributed by atoms with van der Waals surface area (Å²) in [5.74, 6) is 1.07.